The molecule has 6 heteroatoms. The first-order valence-corrected chi connectivity index (χ1v) is 7.36. The highest BCUT2D eigenvalue weighted by atomic mass is 35.5. The third kappa shape index (κ3) is 3.90. The van der Waals surface area contributed by atoms with Crippen LogP contribution in [0.5, 0.6) is 0 Å². The predicted molar refractivity (Wildman–Crippen MR) is 60.5 cm³/mol. The van der Waals surface area contributed by atoms with E-state index >= 15 is 0 Å². The van der Waals surface area contributed by atoms with Crippen LogP contribution in [-0.2, 0) is 10.0 Å². The Morgan fingerprint density at radius 3 is 2.40 bits per heavy atom. The van der Waals surface area contributed by atoms with Gasteiger partial charge >= 0.3 is 0 Å². The summed E-state index contributed by atoms with van der Waals surface area (Å²) in [6.07, 6.45) is 3.93. The van der Waals surface area contributed by atoms with Gasteiger partial charge in [0.05, 0.1) is 5.75 Å². The van der Waals surface area contributed by atoms with Gasteiger partial charge in [-0.2, -0.15) is 0 Å². The van der Waals surface area contributed by atoms with Crippen LogP contribution in [0.4, 0.5) is 0 Å². The Morgan fingerprint density at radius 1 is 1.33 bits per heavy atom. The summed E-state index contributed by atoms with van der Waals surface area (Å²) in [6.45, 7) is 0.388. The molecule has 0 saturated heterocycles. The Bertz CT molecular complexity index is 286. The number of nitrogens with one attached hydrogen (secondary N) is 1. The molecule has 0 aliphatic heterocycles. The molecule has 2 N–H and O–H groups in total. The van der Waals surface area contributed by atoms with Crippen molar-refractivity contribution in [1.82, 2.24) is 4.72 Å². The molecule has 0 bridgehead atoms. The van der Waals surface area contributed by atoms with Crippen molar-refractivity contribution in [2.45, 2.75) is 25.7 Å². The molecule has 4 nitrogen and oxygen atoms in total. The minimum atomic E-state index is -3.26. The van der Waals surface area contributed by atoms with Gasteiger partial charge in [0.1, 0.15) is 0 Å². The zero-order chi connectivity index (χ0) is 11.4. The molecule has 1 fully saturated rings. The Labute approximate surface area is 96.1 Å². The lowest BCUT2D eigenvalue weighted by Gasteiger charge is -2.26. The molecule has 0 radical (unpaired) electrons. The third-order valence-corrected chi connectivity index (χ3v) is 4.75. The van der Waals surface area contributed by atoms with Gasteiger partial charge in [-0.3, -0.25) is 0 Å². The molecule has 0 aromatic carbocycles. The summed E-state index contributed by atoms with van der Waals surface area (Å²) in [7, 11) is -3.26. The van der Waals surface area contributed by atoms with E-state index in [0.29, 0.717) is 6.54 Å². The number of aliphatic hydroxyl groups excluding tert-OH is 1. The Balaban J connectivity index is 2.47. The largest absolute Gasteiger partial charge is 0.396 e. The summed E-state index contributed by atoms with van der Waals surface area (Å²) in [5.74, 6) is 0.0392. The van der Waals surface area contributed by atoms with E-state index in [1.807, 2.05) is 0 Å². The predicted octanol–water partition coefficient (Wildman–Crippen LogP) is 0.697. The molecule has 0 unspecified atom stereocenters. The van der Waals surface area contributed by atoms with Crippen LogP contribution in [0, 0.1) is 5.41 Å². The minimum absolute atomic E-state index is 0.0520. The number of alkyl halides is 1. The number of hydrogen-bond donors (Lipinski definition) is 2. The third-order valence-electron chi connectivity index (χ3n) is 3.01. The lowest BCUT2D eigenvalue weighted by molar-refractivity contribution is 0.134. The molecule has 1 aliphatic rings. The van der Waals surface area contributed by atoms with Crippen molar-refractivity contribution in [2.75, 3.05) is 24.8 Å². The van der Waals surface area contributed by atoms with Crippen LogP contribution >= 0.6 is 11.6 Å². The Hall–Kier alpha value is 0.160. The van der Waals surface area contributed by atoms with Crippen molar-refractivity contribution >= 4 is 21.6 Å². The molecule has 0 spiro atoms. The quantitative estimate of drug-likeness (QED) is 0.687. The average molecular weight is 256 g/mol. The molecule has 0 heterocycles. The van der Waals surface area contributed by atoms with Crippen molar-refractivity contribution in [3.63, 3.8) is 0 Å². The van der Waals surface area contributed by atoms with Crippen LogP contribution < -0.4 is 4.72 Å². The zero-order valence-electron chi connectivity index (χ0n) is 8.71. The van der Waals surface area contributed by atoms with Crippen molar-refractivity contribution in [3.05, 3.63) is 0 Å². The topological polar surface area (TPSA) is 66.4 Å². The molecular formula is C9H18ClNO3S. The molecule has 0 aromatic rings. The highest BCUT2D eigenvalue weighted by Crippen LogP contribution is 2.36. The zero-order valence-corrected chi connectivity index (χ0v) is 10.3. The molecule has 0 amide bonds. The van der Waals surface area contributed by atoms with Crippen LogP contribution in [0.25, 0.3) is 0 Å². The summed E-state index contributed by atoms with van der Waals surface area (Å²) < 4.78 is 25.3. The van der Waals surface area contributed by atoms with Crippen molar-refractivity contribution in [2.24, 2.45) is 5.41 Å². The van der Waals surface area contributed by atoms with Gasteiger partial charge in [0.25, 0.3) is 0 Å². The van der Waals surface area contributed by atoms with Gasteiger partial charge in [-0.25, -0.2) is 13.1 Å². The van der Waals surface area contributed by atoms with Gasteiger partial charge in [-0.1, -0.05) is 12.8 Å². The molecular weight excluding hydrogens is 238 g/mol. The number of sulfonamides is 1. The number of hydrogen-bond acceptors (Lipinski definition) is 3. The van der Waals surface area contributed by atoms with E-state index in [2.05, 4.69) is 4.72 Å². The van der Waals surface area contributed by atoms with Crippen LogP contribution in [0.2, 0.25) is 0 Å². The second-order valence-corrected chi connectivity index (χ2v) is 6.50. The van der Waals surface area contributed by atoms with Gasteiger partial charge in [-0.15, -0.1) is 11.6 Å². The highest BCUT2D eigenvalue weighted by molar-refractivity contribution is 7.89. The standard InChI is InChI=1S/C9H18ClNO3S/c10-5-6-15(13,14)11-7-9(8-12)3-1-2-4-9/h11-12H,1-8H2. The maximum absolute atomic E-state index is 11.4. The smallest absolute Gasteiger partial charge is 0.212 e. The molecule has 1 saturated carbocycles. The van der Waals surface area contributed by atoms with E-state index in [0.717, 1.165) is 25.7 Å². The van der Waals surface area contributed by atoms with E-state index in [4.69, 9.17) is 11.6 Å². The second-order valence-electron chi connectivity index (χ2n) is 4.19. The maximum atomic E-state index is 11.4. The Morgan fingerprint density at radius 2 is 1.93 bits per heavy atom. The molecule has 1 aliphatic carbocycles. The molecule has 0 aromatic heterocycles. The first-order chi connectivity index (χ1) is 7.04. The molecule has 1 rings (SSSR count). The second kappa shape index (κ2) is 5.48. The summed E-state index contributed by atoms with van der Waals surface area (Å²) in [5, 5.41) is 9.28. The number of halogens is 1. The van der Waals surface area contributed by atoms with Crippen LogP contribution in [0.15, 0.2) is 0 Å². The maximum Gasteiger partial charge on any atom is 0.212 e. The minimum Gasteiger partial charge on any atom is -0.396 e. The van der Waals surface area contributed by atoms with Crippen molar-refractivity contribution < 1.29 is 13.5 Å². The number of rotatable bonds is 6. The monoisotopic (exact) mass is 255 g/mol. The van der Waals surface area contributed by atoms with E-state index < -0.39 is 10.0 Å². The fourth-order valence-electron chi connectivity index (χ4n) is 1.95. The van der Waals surface area contributed by atoms with Crippen LogP contribution in [-0.4, -0.2) is 38.3 Å². The van der Waals surface area contributed by atoms with Gasteiger partial charge in [0.15, 0.2) is 0 Å². The fourth-order valence-corrected chi connectivity index (χ4v) is 3.44. The summed E-state index contributed by atoms with van der Waals surface area (Å²) >= 11 is 5.38. The molecule has 15 heavy (non-hydrogen) atoms. The van der Waals surface area contributed by atoms with E-state index in [-0.39, 0.29) is 23.7 Å². The number of aliphatic hydroxyl groups is 1. The lowest BCUT2D eigenvalue weighted by Crippen LogP contribution is -2.39. The highest BCUT2D eigenvalue weighted by Gasteiger charge is 2.34. The van der Waals surface area contributed by atoms with Gasteiger partial charge in [-0.05, 0) is 12.8 Å². The first-order valence-electron chi connectivity index (χ1n) is 5.18. The van der Waals surface area contributed by atoms with Gasteiger partial charge in [0.2, 0.25) is 10.0 Å². The summed E-state index contributed by atoms with van der Waals surface area (Å²) in [6, 6.07) is 0. The van der Waals surface area contributed by atoms with Crippen LogP contribution in [0.1, 0.15) is 25.7 Å². The first kappa shape index (κ1) is 13.2. The van der Waals surface area contributed by atoms with Crippen molar-refractivity contribution in [1.29, 1.82) is 0 Å². The van der Waals surface area contributed by atoms with Crippen LogP contribution in [0.3, 0.4) is 0 Å². The van der Waals surface area contributed by atoms with E-state index in [9.17, 15) is 13.5 Å². The SMILES string of the molecule is O=S(=O)(CCCl)NCC1(CO)CCCC1. The fraction of sp³-hybridized carbons (Fsp3) is 1.00. The summed E-state index contributed by atoms with van der Waals surface area (Å²) in [5.41, 5.74) is -0.237. The van der Waals surface area contributed by atoms with Gasteiger partial charge in [0, 0.05) is 24.4 Å². The van der Waals surface area contributed by atoms with E-state index in [1.165, 1.54) is 0 Å². The molecule has 90 valence electrons. The average Bonchev–Trinajstić information content (AvgIpc) is 2.64. The van der Waals surface area contributed by atoms with E-state index in [1.54, 1.807) is 0 Å². The Kier molecular flexibility index (Phi) is 4.83. The molecule has 0 atom stereocenters. The van der Waals surface area contributed by atoms with Crippen molar-refractivity contribution in [3.8, 4) is 0 Å². The normalized spacial score (nSPS) is 20.7. The van der Waals surface area contributed by atoms with Gasteiger partial charge < -0.3 is 5.11 Å². The summed E-state index contributed by atoms with van der Waals surface area (Å²) in [4.78, 5) is 0. The lowest BCUT2D eigenvalue weighted by atomic mass is 9.88.